The Hall–Kier alpha value is -3.10. The summed E-state index contributed by atoms with van der Waals surface area (Å²) in [5.74, 6) is -0.102. The standard InChI is InChI=1S/C22H24N6OS.C2H6/c1-3-27(4-2)12-10-24-22(29)16-7-9-23-19(14-16)17-15-25-28-11-8-18(26-21(17)28)20-6-5-13-30-20;1-2/h5-9,11,13-15H,3-4,10,12H2,1-2H3,(H,24,29);1-2H3. The summed E-state index contributed by atoms with van der Waals surface area (Å²) in [6.45, 7) is 11.6. The van der Waals surface area contributed by atoms with Crippen LogP contribution in [-0.2, 0) is 0 Å². The fraction of sp³-hybridized carbons (Fsp3) is 0.333. The van der Waals surface area contributed by atoms with Gasteiger partial charge in [-0.25, -0.2) is 9.50 Å². The minimum absolute atomic E-state index is 0.102. The molecule has 0 spiro atoms. The molecule has 168 valence electrons. The Morgan fingerprint density at radius 2 is 1.97 bits per heavy atom. The van der Waals surface area contributed by atoms with E-state index in [1.807, 2.05) is 43.6 Å². The van der Waals surface area contributed by atoms with Crippen molar-refractivity contribution in [1.29, 1.82) is 0 Å². The van der Waals surface area contributed by atoms with Crippen LogP contribution in [0.25, 0.3) is 27.5 Å². The summed E-state index contributed by atoms with van der Waals surface area (Å²) in [7, 11) is 0. The normalized spacial score (nSPS) is 10.8. The average molecular weight is 451 g/mol. The molecule has 0 bridgehead atoms. The maximum atomic E-state index is 12.6. The van der Waals surface area contributed by atoms with Crippen LogP contribution >= 0.6 is 11.3 Å². The van der Waals surface area contributed by atoms with E-state index in [1.165, 1.54) is 0 Å². The molecule has 4 rings (SSSR count). The molecule has 0 aromatic carbocycles. The van der Waals surface area contributed by atoms with E-state index in [9.17, 15) is 4.79 Å². The molecule has 0 atom stereocenters. The van der Waals surface area contributed by atoms with E-state index < -0.39 is 0 Å². The van der Waals surface area contributed by atoms with Crippen LogP contribution in [0.1, 0.15) is 38.1 Å². The van der Waals surface area contributed by atoms with Crippen molar-refractivity contribution in [3.63, 3.8) is 0 Å². The summed E-state index contributed by atoms with van der Waals surface area (Å²) in [6, 6.07) is 9.52. The molecule has 0 saturated carbocycles. The zero-order valence-corrected chi connectivity index (χ0v) is 19.9. The number of pyridine rings is 1. The second-order valence-electron chi connectivity index (χ2n) is 6.83. The van der Waals surface area contributed by atoms with E-state index >= 15 is 0 Å². The number of carbonyl (C=O) groups excluding carboxylic acids is 1. The van der Waals surface area contributed by atoms with Crippen LogP contribution in [0, 0.1) is 0 Å². The summed E-state index contributed by atoms with van der Waals surface area (Å²) in [6.07, 6.45) is 5.29. The van der Waals surface area contributed by atoms with Crippen LogP contribution in [0.4, 0.5) is 0 Å². The lowest BCUT2D eigenvalue weighted by molar-refractivity contribution is 0.0949. The molecule has 1 amide bonds. The lowest BCUT2D eigenvalue weighted by Gasteiger charge is -2.17. The zero-order chi connectivity index (χ0) is 22.9. The summed E-state index contributed by atoms with van der Waals surface area (Å²) in [5.41, 5.74) is 3.66. The number of rotatable bonds is 8. The summed E-state index contributed by atoms with van der Waals surface area (Å²) in [4.78, 5) is 25.2. The molecule has 0 saturated heterocycles. The second-order valence-corrected chi connectivity index (χ2v) is 7.78. The monoisotopic (exact) mass is 450 g/mol. The zero-order valence-electron chi connectivity index (χ0n) is 19.1. The molecule has 1 N–H and O–H groups in total. The molecule has 0 aliphatic carbocycles. The van der Waals surface area contributed by atoms with Gasteiger partial charge in [0.2, 0.25) is 0 Å². The number of nitrogens with one attached hydrogen (secondary N) is 1. The molecule has 0 aliphatic heterocycles. The molecule has 8 heteroatoms. The molecule has 4 aromatic rings. The van der Waals surface area contributed by atoms with E-state index in [2.05, 4.69) is 34.1 Å². The quantitative estimate of drug-likeness (QED) is 0.424. The van der Waals surface area contributed by atoms with Gasteiger partial charge in [-0.3, -0.25) is 9.78 Å². The van der Waals surface area contributed by atoms with Crippen LogP contribution < -0.4 is 5.32 Å². The van der Waals surface area contributed by atoms with Gasteiger partial charge in [0.15, 0.2) is 5.65 Å². The highest BCUT2D eigenvalue weighted by molar-refractivity contribution is 7.13. The SMILES string of the molecule is CC.CCN(CC)CCNC(=O)c1ccnc(-c2cnn3ccc(-c4cccs4)nc23)c1. The van der Waals surface area contributed by atoms with Crippen molar-refractivity contribution < 1.29 is 4.79 Å². The number of hydrogen-bond acceptors (Lipinski definition) is 6. The van der Waals surface area contributed by atoms with E-state index in [-0.39, 0.29) is 5.91 Å². The Morgan fingerprint density at radius 1 is 1.16 bits per heavy atom. The number of thiophene rings is 1. The molecular weight excluding hydrogens is 420 g/mol. The van der Waals surface area contributed by atoms with E-state index in [0.717, 1.165) is 35.8 Å². The van der Waals surface area contributed by atoms with Crippen molar-refractivity contribution >= 4 is 22.9 Å². The Balaban J connectivity index is 0.00000141. The molecule has 0 unspecified atom stereocenters. The third kappa shape index (κ3) is 5.38. The third-order valence-corrected chi connectivity index (χ3v) is 5.94. The predicted molar refractivity (Wildman–Crippen MR) is 131 cm³/mol. The first-order chi connectivity index (χ1) is 15.7. The molecule has 0 aliphatic rings. The average Bonchev–Trinajstić information content (AvgIpc) is 3.53. The van der Waals surface area contributed by atoms with E-state index in [4.69, 9.17) is 4.98 Å². The van der Waals surface area contributed by atoms with Crippen molar-refractivity contribution in [1.82, 2.24) is 29.8 Å². The Kier molecular flexibility index (Phi) is 8.47. The van der Waals surface area contributed by atoms with Gasteiger partial charge in [0, 0.05) is 31.0 Å². The van der Waals surface area contributed by atoms with E-state index in [0.29, 0.717) is 23.4 Å². The molecule has 0 radical (unpaired) electrons. The molecule has 0 fully saturated rings. The molecule has 32 heavy (non-hydrogen) atoms. The van der Waals surface area contributed by atoms with Crippen LogP contribution in [0.15, 0.2) is 54.3 Å². The number of amides is 1. The molecular formula is C24H30N6OS. The summed E-state index contributed by atoms with van der Waals surface area (Å²) >= 11 is 1.64. The Bertz CT molecular complexity index is 1130. The first-order valence-corrected chi connectivity index (χ1v) is 11.9. The largest absolute Gasteiger partial charge is 0.351 e. The maximum absolute atomic E-state index is 12.6. The fourth-order valence-electron chi connectivity index (χ4n) is 3.30. The van der Waals surface area contributed by atoms with Gasteiger partial charge in [-0.2, -0.15) is 5.10 Å². The smallest absolute Gasteiger partial charge is 0.251 e. The lowest BCUT2D eigenvalue weighted by atomic mass is 10.1. The van der Waals surface area contributed by atoms with Crippen LogP contribution in [0.5, 0.6) is 0 Å². The minimum atomic E-state index is -0.102. The first-order valence-electron chi connectivity index (χ1n) is 11.0. The third-order valence-electron chi connectivity index (χ3n) is 5.05. The Morgan fingerprint density at radius 3 is 2.69 bits per heavy atom. The van der Waals surface area contributed by atoms with Crippen LogP contribution in [-0.4, -0.2) is 56.6 Å². The Labute approximate surface area is 193 Å². The highest BCUT2D eigenvalue weighted by atomic mass is 32.1. The van der Waals surface area contributed by atoms with Gasteiger partial charge in [0.05, 0.1) is 28.0 Å². The fourth-order valence-corrected chi connectivity index (χ4v) is 3.99. The van der Waals surface area contributed by atoms with Crippen molar-refractivity contribution in [2.75, 3.05) is 26.2 Å². The topological polar surface area (TPSA) is 75.4 Å². The molecule has 4 heterocycles. The number of likely N-dealkylation sites (N-methyl/N-ethyl adjacent to an activating group) is 1. The number of fused-ring (bicyclic) bond motifs is 1. The van der Waals surface area contributed by atoms with Gasteiger partial charge >= 0.3 is 0 Å². The highest BCUT2D eigenvalue weighted by Crippen LogP contribution is 2.27. The van der Waals surface area contributed by atoms with Crippen LogP contribution in [0.2, 0.25) is 0 Å². The van der Waals surface area contributed by atoms with Gasteiger partial charge in [0.1, 0.15) is 0 Å². The van der Waals surface area contributed by atoms with Gasteiger partial charge in [-0.05, 0) is 42.7 Å². The van der Waals surface area contributed by atoms with Crippen molar-refractivity contribution in [3.8, 4) is 21.8 Å². The first kappa shape index (κ1) is 23.6. The summed E-state index contributed by atoms with van der Waals surface area (Å²) in [5, 5.41) is 9.41. The molecule has 7 nitrogen and oxygen atoms in total. The van der Waals surface area contributed by atoms with Crippen molar-refractivity contribution in [2.45, 2.75) is 27.7 Å². The highest BCUT2D eigenvalue weighted by Gasteiger charge is 2.14. The lowest BCUT2D eigenvalue weighted by Crippen LogP contribution is -2.34. The maximum Gasteiger partial charge on any atom is 0.251 e. The minimum Gasteiger partial charge on any atom is -0.351 e. The second kappa shape index (κ2) is 11.5. The van der Waals surface area contributed by atoms with Crippen molar-refractivity contribution in [2.24, 2.45) is 0 Å². The van der Waals surface area contributed by atoms with Gasteiger partial charge in [-0.15, -0.1) is 11.3 Å². The molecule has 4 aromatic heterocycles. The number of carbonyl (C=O) groups is 1. The summed E-state index contributed by atoms with van der Waals surface area (Å²) < 4.78 is 1.73. The van der Waals surface area contributed by atoms with Crippen molar-refractivity contribution in [3.05, 3.63) is 59.9 Å². The van der Waals surface area contributed by atoms with Crippen LogP contribution in [0.3, 0.4) is 0 Å². The van der Waals surface area contributed by atoms with E-state index in [1.54, 1.807) is 40.4 Å². The van der Waals surface area contributed by atoms with Gasteiger partial charge < -0.3 is 10.2 Å². The predicted octanol–water partition coefficient (Wildman–Crippen LogP) is 4.62. The van der Waals surface area contributed by atoms with Gasteiger partial charge in [-0.1, -0.05) is 33.8 Å². The van der Waals surface area contributed by atoms with Gasteiger partial charge in [0.25, 0.3) is 5.91 Å². The number of aromatic nitrogens is 4. The number of hydrogen-bond donors (Lipinski definition) is 1. The number of nitrogens with zero attached hydrogens (tertiary/aromatic N) is 5.